The summed E-state index contributed by atoms with van der Waals surface area (Å²) >= 11 is 0. The first-order valence-electron chi connectivity index (χ1n) is 11.4. The van der Waals surface area contributed by atoms with Gasteiger partial charge in [0.15, 0.2) is 0 Å². The molecule has 6 heteroatoms. The van der Waals surface area contributed by atoms with Gasteiger partial charge in [-0.15, -0.1) is 0 Å². The van der Waals surface area contributed by atoms with E-state index in [1.165, 1.54) is 16.8 Å². The molecule has 3 aromatic rings. The molecule has 2 aliphatic heterocycles. The largest absolute Gasteiger partial charge is 0.367 e. The summed E-state index contributed by atoms with van der Waals surface area (Å²) in [7, 11) is 0. The summed E-state index contributed by atoms with van der Waals surface area (Å²) in [5.41, 5.74) is 5.18. The van der Waals surface area contributed by atoms with Crippen LogP contribution in [-0.2, 0) is 29.1 Å². The molecule has 0 aliphatic carbocycles. The van der Waals surface area contributed by atoms with E-state index in [-0.39, 0.29) is 12.1 Å². The predicted octanol–water partition coefficient (Wildman–Crippen LogP) is 4.30. The van der Waals surface area contributed by atoms with Crippen molar-refractivity contribution >= 4 is 29.6 Å². The second-order valence-corrected chi connectivity index (χ2v) is 8.59. The van der Waals surface area contributed by atoms with Gasteiger partial charge >= 0.3 is 6.03 Å². The van der Waals surface area contributed by atoms with E-state index in [9.17, 15) is 14.4 Å². The highest BCUT2D eigenvalue weighted by atomic mass is 16.2. The zero-order chi connectivity index (χ0) is 23.5. The summed E-state index contributed by atoms with van der Waals surface area (Å²) in [6.07, 6.45) is 3.56. The number of hydrogen-bond donors (Lipinski definition) is 1. The first-order chi connectivity index (χ1) is 16.6. The molecule has 4 amide bonds. The minimum Gasteiger partial charge on any atom is -0.367 e. The number of amides is 4. The smallest absolute Gasteiger partial charge is 0.331 e. The minimum absolute atomic E-state index is 0.0348. The van der Waals surface area contributed by atoms with Crippen molar-refractivity contribution in [1.29, 1.82) is 0 Å². The summed E-state index contributed by atoms with van der Waals surface area (Å²) in [4.78, 5) is 41.3. The molecule has 0 radical (unpaired) electrons. The Bertz CT molecular complexity index is 1270. The Kier molecular flexibility index (Phi) is 5.95. The fourth-order valence-electron chi connectivity index (χ4n) is 4.52. The van der Waals surface area contributed by atoms with Crippen molar-refractivity contribution in [2.24, 2.45) is 0 Å². The average Bonchev–Trinajstić information content (AvgIpc) is 2.86. The molecule has 0 bridgehead atoms. The van der Waals surface area contributed by atoms with Gasteiger partial charge in [-0.2, -0.15) is 0 Å². The molecule has 1 N–H and O–H groups in total. The van der Waals surface area contributed by atoms with E-state index in [4.69, 9.17) is 0 Å². The van der Waals surface area contributed by atoms with Gasteiger partial charge in [-0.3, -0.25) is 19.8 Å². The Morgan fingerprint density at radius 3 is 2.21 bits per heavy atom. The highest BCUT2D eigenvalue weighted by molar-refractivity contribution is 6.30. The summed E-state index contributed by atoms with van der Waals surface area (Å²) in [5, 5.41) is 2.30. The number of barbiturate groups is 1. The predicted molar refractivity (Wildman–Crippen MR) is 131 cm³/mol. The van der Waals surface area contributed by atoms with Crippen LogP contribution in [0, 0.1) is 0 Å². The van der Waals surface area contributed by atoms with E-state index in [0.717, 1.165) is 42.0 Å². The number of rotatable bonds is 5. The fourth-order valence-corrected chi connectivity index (χ4v) is 4.52. The first kappa shape index (κ1) is 21.6. The molecule has 3 aromatic carbocycles. The van der Waals surface area contributed by atoms with Gasteiger partial charge in [0.25, 0.3) is 11.8 Å². The van der Waals surface area contributed by atoms with E-state index in [1.807, 2.05) is 60.7 Å². The van der Waals surface area contributed by atoms with Crippen molar-refractivity contribution in [3.63, 3.8) is 0 Å². The number of urea groups is 1. The molecule has 0 saturated carbocycles. The van der Waals surface area contributed by atoms with Crippen LogP contribution in [-0.4, -0.2) is 29.3 Å². The molecule has 0 spiro atoms. The van der Waals surface area contributed by atoms with Crippen LogP contribution in [0.5, 0.6) is 0 Å². The number of anilines is 1. The second-order valence-electron chi connectivity index (χ2n) is 8.59. The minimum atomic E-state index is -0.696. The third kappa shape index (κ3) is 4.48. The van der Waals surface area contributed by atoms with Gasteiger partial charge in [0.1, 0.15) is 5.57 Å². The molecule has 0 aromatic heterocycles. The maximum atomic E-state index is 13.1. The van der Waals surface area contributed by atoms with E-state index in [0.29, 0.717) is 0 Å². The van der Waals surface area contributed by atoms with E-state index in [2.05, 4.69) is 28.4 Å². The van der Waals surface area contributed by atoms with E-state index < -0.39 is 17.8 Å². The van der Waals surface area contributed by atoms with Crippen molar-refractivity contribution in [3.05, 3.63) is 107 Å². The summed E-state index contributed by atoms with van der Waals surface area (Å²) in [6.45, 7) is 1.93. The van der Waals surface area contributed by atoms with Gasteiger partial charge in [0.05, 0.1) is 6.54 Å². The van der Waals surface area contributed by atoms with Gasteiger partial charge in [-0.25, -0.2) is 4.79 Å². The number of nitrogens with zero attached hydrogens (tertiary/aromatic N) is 2. The Morgan fingerprint density at radius 1 is 0.824 bits per heavy atom. The van der Waals surface area contributed by atoms with Crippen LogP contribution in [0.15, 0.2) is 84.4 Å². The number of benzene rings is 3. The third-order valence-corrected chi connectivity index (χ3v) is 6.21. The molecule has 6 nitrogen and oxygen atoms in total. The SMILES string of the molecule is O=C1NC(=O)N(Cc2ccccc2)C(=O)C1=Cc1ccc2c(c1)CCCN2Cc1ccccc1. The van der Waals surface area contributed by atoms with Gasteiger partial charge in [-0.1, -0.05) is 66.7 Å². The molecule has 5 rings (SSSR count). The van der Waals surface area contributed by atoms with Crippen LogP contribution in [0.3, 0.4) is 0 Å². The van der Waals surface area contributed by atoms with E-state index >= 15 is 0 Å². The summed E-state index contributed by atoms with van der Waals surface area (Å²) in [6, 6.07) is 24.9. The highest BCUT2D eigenvalue weighted by Gasteiger charge is 2.35. The Hall–Kier alpha value is -4.19. The van der Waals surface area contributed by atoms with Gasteiger partial charge < -0.3 is 4.90 Å². The van der Waals surface area contributed by atoms with Gasteiger partial charge in [0, 0.05) is 18.8 Å². The Labute approximate surface area is 198 Å². The lowest BCUT2D eigenvalue weighted by atomic mass is 9.97. The number of hydrogen-bond acceptors (Lipinski definition) is 4. The molecular formula is C28H25N3O3. The Morgan fingerprint density at radius 2 is 1.50 bits per heavy atom. The van der Waals surface area contributed by atoms with E-state index in [1.54, 1.807) is 6.08 Å². The van der Waals surface area contributed by atoms with Gasteiger partial charge in [0.2, 0.25) is 0 Å². The molecule has 0 unspecified atom stereocenters. The van der Waals surface area contributed by atoms with Crippen LogP contribution in [0.1, 0.15) is 28.7 Å². The summed E-state index contributed by atoms with van der Waals surface area (Å²) in [5.74, 6) is -1.25. The van der Waals surface area contributed by atoms with Crippen molar-refractivity contribution < 1.29 is 14.4 Å². The van der Waals surface area contributed by atoms with Crippen LogP contribution in [0.4, 0.5) is 10.5 Å². The zero-order valence-electron chi connectivity index (χ0n) is 18.7. The maximum absolute atomic E-state index is 13.1. The van der Waals surface area contributed by atoms with Crippen molar-refractivity contribution in [1.82, 2.24) is 10.2 Å². The molecule has 1 saturated heterocycles. The fraction of sp³-hybridized carbons (Fsp3) is 0.179. The quantitative estimate of drug-likeness (QED) is 0.464. The molecule has 1 fully saturated rings. The molecule has 2 aliphatic rings. The highest BCUT2D eigenvalue weighted by Crippen LogP contribution is 2.30. The average molecular weight is 452 g/mol. The lowest BCUT2D eigenvalue weighted by Gasteiger charge is -2.32. The van der Waals surface area contributed by atoms with Crippen molar-refractivity contribution in [2.75, 3.05) is 11.4 Å². The number of aryl methyl sites for hydroxylation is 1. The van der Waals surface area contributed by atoms with Crippen LogP contribution in [0.25, 0.3) is 6.08 Å². The lowest BCUT2D eigenvalue weighted by Crippen LogP contribution is -2.53. The molecular weight excluding hydrogens is 426 g/mol. The maximum Gasteiger partial charge on any atom is 0.331 e. The number of nitrogens with one attached hydrogen (secondary N) is 1. The van der Waals surface area contributed by atoms with Crippen LogP contribution < -0.4 is 10.2 Å². The molecule has 0 atom stereocenters. The third-order valence-electron chi connectivity index (χ3n) is 6.21. The zero-order valence-corrected chi connectivity index (χ0v) is 18.7. The van der Waals surface area contributed by atoms with Crippen LogP contribution >= 0.6 is 0 Å². The molecule has 2 heterocycles. The van der Waals surface area contributed by atoms with Crippen molar-refractivity contribution in [2.45, 2.75) is 25.9 Å². The number of carbonyl (C=O) groups excluding carboxylic acids is 3. The van der Waals surface area contributed by atoms with Gasteiger partial charge in [-0.05, 0) is 53.3 Å². The number of imide groups is 2. The van der Waals surface area contributed by atoms with Crippen molar-refractivity contribution in [3.8, 4) is 0 Å². The number of fused-ring (bicyclic) bond motifs is 1. The lowest BCUT2D eigenvalue weighted by molar-refractivity contribution is -0.130. The normalized spacial score (nSPS) is 17.1. The standard InChI is InChI=1S/C28H25N3O3/c32-26-24(27(33)31(28(34)29-26)19-21-10-5-2-6-11-21)17-22-13-14-25-23(16-22)12-7-15-30(25)18-20-8-3-1-4-9-20/h1-6,8-11,13-14,16-17H,7,12,15,18-19H2,(H,29,32,34). The Balaban J connectivity index is 1.39. The number of carbonyl (C=O) groups is 3. The summed E-state index contributed by atoms with van der Waals surface area (Å²) < 4.78 is 0. The molecule has 170 valence electrons. The second kappa shape index (κ2) is 9.35. The van der Waals surface area contributed by atoms with Crippen LogP contribution in [0.2, 0.25) is 0 Å². The first-order valence-corrected chi connectivity index (χ1v) is 11.4. The molecule has 34 heavy (non-hydrogen) atoms. The topological polar surface area (TPSA) is 69.7 Å². The monoisotopic (exact) mass is 451 g/mol.